The van der Waals surface area contributed by atoms with Gasteiger partial charge in [-0.15, -0.1) is 0 Å². The molecular weight excluding hydrogens is 300 g/mol. The van der Waals surface area contributed by atoms with Gasteiger partial charge in [-0.3, -0.25) is 4.79 Å². The fraction of sp³-hybridized carbons (Fsp3) is 0.286. The predicted octanol–water partition coefficient (Wildman–Crippen LogP) is 2.39. The lowest BCUT2D eigenvalue weighted by atomic mass is 10.1. The molecule has 0 aliphatic carbocycles. The number of carbonyl (C=O) groups excluding carboxylic acids is 1. The summed E-state index contributed by atoms with van der Waals surface area (Å²) < 4.78 is 15.2. The van der Waals surface area contributed by atoms with Gasteiger partial charge in [0.05, 0.1) is 27.2 Å². The zero-order valence-corrected chi connectivity index (χ0v) is 12.3. The molecule has 6 nitrogen and oxygen atoms in total. The molecule has 0 bridgehead atoms. The second kappa shape index (κ2) is 8.16. The summed E-state index contributed by atoms with van der Waals surface area (Å²) in [5, 5.41) is 9.06. The highest BCUT2D eigenvalue weighted by Crippen LogP contribution is 2.35. The molecule has 0 aliphatic heterocycles. The zero-order valence-electron chi connectivity index (χ0n) is 11.6. The van der Waals surface area contributed by atoms with Crippen molar-refractivity contribution >= 4 is 29.6 Å². The SMILES string of the molecule is COC(=O)CCOc1c(/C=C/C(=O)O)cc(Cl)cc1OC. The maximum Gasteiger partial charge on any atom is 0.328 e. The Morgan fingerprint density at radius 2 is 2.05 bits per heavy atom. The van der Waals surface area contributed by atoms with E-state index in [1.807, 2.05) is 0 Å². The number of hydrogen-bond acceptors (Lipinski definition) is 5. The van der Waals surface area contributed by atoms with Gasteiger partial charge in [0.25, 0.3) is 0 Å². The van der Waals surface area contributed by atoms with Gasteiger partial charge in [-0.2, -0.15) is 0 Å². The molecule has 0 fully saturated rings. The molecule has 1 rings (SSSR count). The fourth-order valence-corrected chi connectivity index (χ4v) is 1.73. The highest BCUT2D eigenvalue weighted by atomic mass is 35.5. The normalized spacial score (nSPS) is 10.4. The molecule has 0 spiro atoms. The second-order valence-electron chi connectivity index (χ2n) is 3.87. The number of ether oxygens (including phenoxy) is 3. The lowest BCUT2D eigenvalue weighted by Crippen LogP contribution is -2.08. The van der Waals surface area contributed by atoms with Crippen LogP contribution < -0.4 is 9.47 Å². The Balaban J connectivity index is 3.01. The van der Waals surface area contributed by atoms with E-state index >= 15 is 0 Å². The fourth-order valence-electron chi connectivity index (χ4n) is 1.52. The Kier molecular flexibility index (Phi) is 6.55. The number of methoxy groups -OCH3 is 2. The van der Waals surface area contributed by atoms with Crippen molar-refractivity contribution in [2.45, 2.75) is 6.42 Å². The van der Waals surface area contributed by atoms with Crippen LogP contribution in [0.2, 0.25) is 5.02 Å². The van der Waals surface area contributed by atoms with Crippen molar-refractivity contribution < 1.29 is 28.9 Å². The van der Waals surface area contributed by atoms with Gasteiger partial charge in [0.2, 0.25) is 0 Å². The van der Waals surface area contributed by atoms with E-state index in [1.165, 1.54) is 32.4 Å². The molecule has 21 heavy (non-hydrogen) atoms. The highest BCUT2D eigenvalue weighted by Gasteiger charge is 2.12. The first kappa shape index (κ1) is 16.8. The Hall–Kier alpha value is -2.21. The summed E-state index contributed by atoms with van der Waals surface area (Å²) in [5.41, 5.74) is 0.437. The number of esters is 1. The first-order chi connectivity index (χ1) is 9.97. The van der Waals surface area contributed by atoms with Crippen molar-refractivity contribution in [3.8, 4) is 11.5 Å². The standard InChI is InChI=1S/C14H15ClO6/c1-19-11-8-10(15)7-9(3-4-12(16)17)14(11)21-6-5-13(18)20-2/h3-4,7-8H,5-6H2,1-2H3,(H,16,17)/b4-3+. The van der Waals surface area contributed by atoms with Crippen LogP contribution in [0.1, 0.15) is 12.0 Å². The topological polar surface area (TPSA) is 82.1 Å². The van der Waals surface area contributed by atoms with Crippen molar-refractivity contribution in [3.63, 3.8) is 0 Å². The van der Waals surface area contributed by atoms with Crippen LogP contribution in [0, 0.1) is 0 Å². The summed E-state index contributed by atoms with van der Waals surface area (Å²) in [6, 6.07) is 3.07. The number of benzene rings is 1. The summed E-state index contributed by atoms with van der Waals surface area (Å²) in [4.78, 5) is 21.7. The molecule has 0 saturated carbocycles. The molecule has 0 aromatic heterocycles. The summed E-state index contributed by atoms with van der Waals surface area (Å²) in [5.74, 6) is -0.860. The maximum atomic E-state index is 11.1. The molecule has 0 heterocycles. The minimum atomic E-state index is -1.10. The van der Waals surface area contributed by atoms with Crippen molar-refractivity contribution in [1.82, 2.24) is 0 Å². The van der Waals surface area contributed by atoms with Gasteiger partial charge in [0, 0.05) is 22.7 Å². The van der Waals surface area contributed by atoms with Gasteiger partial charge in [0.15, 0.2) is 11.5 Å². The van der Waals surface area contributed by atoms with Crippen LogP contribution in [0.5, 0.6) is 11.5 Å². The zero-order chi connectivity index (χ0) is 15.8. The van der Waals surface area contributed by atoms with Crippen LogP contribution in [-0.4, -0.2) is 37.9 Å². The Morgan fingerprint density at radius 3 is 2.62 bits per heavy atom. The number of carboxylic acids is 1. The van der Waals surface area contributed by atoms with E-state index in [0.29, 0.717) is 22.1 Å². The average Bonchev–Trinajstić information content (AvgIpc) is 2.45. The number of carboxylic acid groups (broad SMARTS) is 1. The average molecular weight is 315 g/mol. The van der Waals surface area contributed by atoms with Gasteiger partial charge in [0.1, 0.15) is 0 Å². The number of rotatable bonds is 7. The number of carbonyl (C=O) groups is 2. The van der Waals surface area contributed by atoms with Crippen LogP contribution >= 0.6 is 11.6 Å². The summed E-state index contributed by atoms with van der Waals surface area (Å²) in [6.45, 7) is 0.0680. The predicted molar refractivity (Wildman–Crippen MR) is 76.8 cm³/mol. The highest BCUT2D eigenvalue weighted by molar-refractivity contribution is 6.31. The Bertz CT molecular complexity index is 553. The number of halogens is 1. The van der Waals surface area contributed by atoms with Crippen LogP contribution in [0.15, 0.2) is 18.2 Å². The molecule has 0 amide bonds. The van der Waals surface area contributed by atoms with Crippen molar-refractivity contribution in [2.24, 2.45) is 0 Å². The van der Waals surface area contributed by atoms with E-state index in [2.05, 4.69) is 4.74 Å². The van der Waals surface area contributed by atoms with Crippen LogP contribution in [0.25, 0.3) is 6.08 Å². The van der Waals surface area contributed by atoms with E-state index < -0.39 is 11.9 Å². The van der Waals surface area contributed by atoms with Crippen LogP contribution in [-0.2, 0) is 14.3 Å². The summed E-state index contributed by atoms with van der Waals surface area (Å²) >= 11 is 5.93. The lowest BCUT2D eigenvalue weighted by molar-refractivity contribution is -0.141. The minimum Gasteiger partial charge on any atom is -0.493 e. The monoisotopic (exact) mass is 314 g/mol. The van der Waals surface area contributed by atoms with Gasteiger partial charge in [-0.05, 0) is 12.1 Å². The second-order valence-corrected chi connectivity index (χ2v) is 4.31. The molecule has 0 saturated heterocycles. The third-order valence-electron chi connectivity index (χ3n) is 2.45. The third kappa shape index (κ3) is 5.35. The summed E-state index contributed by atoms with van der Waals surface area (Å²) in [7, 11) is 2.72. The molecule has 1 N–H and O–H groups in total. The molecule has 0 radical (unpaired) electrons. The molecule has 1 aromatic rings. The number of hydrogen-bond donors (Lipinski definition) is 1. The van der Waals surface area contributed by atoms with Gasteiger partial charge < -0.3 is 19.3 Å². The van der Waals surface area contributed by atoms with Crippen molar-refractivity contribution in [2.75, 3.05) is 20.8 Å². The molecular formula is C14H15ClO6. The molecule has 1 aromatic carbocycles. The van der Waals surface area contributed by atoms with Crippen molar-refractivity contribution in [3.05, 3.63) is 28.8 Å². The molecule has 0 atom stereocenters. The van der Waals surface area contributed by atoms with Gasteiger partial charge >= 0.3 is 11.9 Å². The Labute approximate surface area is 126 Å². The lowest BCUT2D eigenvalue weighted by Gasteiger charge is -2.13. The van der Waals surface area contributed by atoms with E-state index in [4.69, 9.17) is 26.2 Å². The minimum absolute atomic E-state index is 0.0599. The van der Waals surface area contributed by atoms with Crippen molar-refractivity contribution in [1.29, 1.82) is 0 Å². The quantitative estimate of drug-likeness (QED) is 0.614. The first-order valence-electron chi connectivity index (χ1n) is 5.96. The molecule has 114 valence electrons. The van der Waals surface area contributed by atoms with Gasteiger partial charge in [-0.25, -0.2) is 4.79 Å². The summed E-state index contributed by atoms with van der Waals surface area (Å²) in [6.07, 6.45) is 2.35. The number of aliphatic carboxylic acids is 1. The largest absolute Gasteiger partial charge is 0.493 e. The molecule has 7 heteroatoms. The third-order valence-corrected chi connectivity index (χ3v) is 2.67. The first-order valence-corrected chi connectivity index (χ1v) is 6.34. The van der Waals surface area contributed by atoms with E-state index in [0.717, 1.165) is 6.08 Å². The Morgan fingerprint density at radius 1 is 1.33 bits per heavy atom. The van der Waals surface area contributed by atoms with Gasteiger partial charge in [-0.1, -0.05) is 11.6 Å². The van der Waals surface area contributed by atoms with Crippen LogP contribution in [0.3, 0.4) is 0 Å². The van der Waals surface area contributed by atoms with E-state index in [9.17, 15) is 9.59 Å². The smallest absolute Gasteiger partial charge is 0.328 e. The van der Waals surface area contributed by atoms with E-state index in [1.54, 1.807) is 0 Å². The van der Waals surface area contributed by atoms with E-state index in [-0.39, 0.29) is 13.0 Å². The molecule has 0 unspecified atom stereocenters. The molecule has 0 aliphatic rings. The maximum absolute atomic E-state index is 11.1. The van der Waals surface area contributed by atoms with Crippen LogP contribution in [0.4, 0.5) is 0 Å².